The number of ether oxygens (including phenoxy) is 2. The molecule has 0 atom stereocenters. The lowest BCUT2D eigenvalue weighted by molar-refractivity contribution is -0.947. The first-order valence-electron chi connectivity index (χ1n) is 6.96. The molecule has 3 N–H and O–H groups in total. The quantitative estimate of drug-likeness (QED) is 0.649. The number of halogens is 1. The van der Waals surface area contributed by atoms with E-state index in [1.807, 2.05) is 24.3 Å². The fourth-order valence-corrected chi connectivity index (χ4v) is 2.62. The highest BCUT2D eigenvalue weighted by atomic mass is 79.9. The van der Waals surface area contributed by atoms with E-state index in [0.29, 0.717) is 13.2 Å². The Kier molecular flexibility index (Phi) is 6.64. The van der Waals surface area contributed by atoms with Crippen LogP contribution in [-0.2, 0) is 4.74 Å². The molecule has 2 rings (SSSR count). The summed E-state index contributed by atoms with van der Waals surface area (Å²) in [6.45, 7) is 8.22. The van der Waals surface area contributed by atoms with Gasteiger partial charge < -0.3 is 19.7 Å². The number of benzene rings is 1. The zero-order valence-electron chi connectivity index (χ0n) is 11.2. The topological polar surface area (TPSA) is 39.5 Å². The molecule has 1 aliphatic rings. The summed E-state index contributed by atoms with van der Waals surface area (Å²) < 4.78 is 12.3. The molecule has 0 aliphatic carbocycles. The Bertz CT molecular complexity index is 370. The molecule has 4 nitrogen and oxygen atoms in total. The van der Waals surface area contributed by atoms with Gasteiger partial charge in [0.05, 0.1) is 17.7 Å². The van der Waals surface area contributed by atoms with Crippen molar-refractivity contribution in [2.45, 2.75) is 0 Å². The van der Waals surface area contributed by atoms with Gasteiger partial charge in [-0.3, -0.25) is 0 Å². The number of nitrogens with two attached hydrogens (primary N) is 1. The molecule has 0 radical (unpaired) electrons. The maximum atomic E-state index is 5.65. The first-order valence-corrected chi connectivity index (χ1v) is 7.76. The molecule has 1 aromatic carbocycles. The van der Waals surface area contributed by atoms with Gasteiger partial charge in [-0.25, -0.2) is 0 Å². The molecule has 0 amide bonds. The Balaban J connectivity index is 1.51. The van der Waals surface area contributed by atoms with Gasteiger partial charge in [-0.05, 0) is 28.1 Å². The van der Waals surface area contributed by atoms with E-state index in [1.54, 1.807) is 4.90 Å². The molecule has 0 spiro atoms. The van der Waals surface area contributed by atoms with E-state index < -0.39 is 0 Å². The Hall–Kier alpha value is -0.620. The molecule has 106 valence electrons. The fraction of sp³-hybridized carbons (Fsp3) is 0.571. The van der Waals surface area contributed by atoms with Crippen LogP contribution in [0.1, 0.15) is 0 Å². The van der Waals surface area contributed by atoms with Crippen LogP contribution >= 0.6 is 15.9 Å². The van der Waals surface area contributed by atoms with Gasteiger partial charge in [-0.1, -0.05) is 12.1 Å². The Morgan fingerprint density at radius 1 is 1.11 bits per heavy atom. The first-order chi connectivity index (χ1) is 9.36. The number of nitrogens with one attached hydrogen (secondary N) is 1. The summed E-state index contributed by atoms with van der Waals surface area (Å²) in [5, 5.41) is 2.38. The third-order valence-corrected chi connectivity index (χ3v) is 3.98. The number of hydrogen-bond acceptors (Lipinski definition) is 2. The second kappa shape index (κ2) is 8.53. The lowest BCUT2D eigenvalue weighted by Crippen LogP contribution is -3.20. The van der Waals surface area contributed by atoms with Gasteiger partial charge in [0.25, 0.3) is 0 Å². The summed E-state index contributed by atoms with van der Waals surface area (Å²) >= 11 is 3.46. The van der Waals surface area contributed by atoms with Crippen molar-refractivity contribution < 1.29 is 19.7 Å². The fourth-order valence-electron chi connectivity index (χ4n) is 2.22. The van der Waals surface area contributed by atoms with Crippen LogP contribution in [-0.4, -0.2) is 52.5 Å². The van der Waals surface area contributed by atoms with Gasteiger partial charge >= 0.3 is 0 Å². The predicted octanol–water partition coefficient (Wildman–Crippen LogP) is -0.694. The van der Waals surface area contributed by atoms with Gasteiger partial charge in [-0.15, -0.1) is 0 Å². The van der Waals surface area contributed by atoms with E-state index in [-0.39, 0.29) is 0 Å². The van der Waals surface area contributed by atoms with Crippen molar-refractivity contribution >= 4 is 15.9 Å². The molecule has 1 saturated heterocycles. The highest BCUT2D eigenvalue weighted by Crippen LogP contribution is 2.23. The molecule has 0 unspecified atom stereocenters. The minimum atomic E-state index is 0.603. The van der Waals surface area contributed by atoms with Crippen LogP contribution in [0, 0.1) is 0 Å². The second-order valence-corrected chi connectivity index (χ2v) is 5.61. The zero-order valence-corrected chi connectivity index (χ0v) is 12.8. The molecular formula is C14H23BrN2O2+2. The molecule has 0 saturated carbocycles. The van der Waals surface area contributed by atoms with Crippen LogP contribution in [0.3, 0.4) is 0 Å². The van der Waals surface area contributed by atoms with Crippen molar-refractivity contribution in [3.63, 3.8) is 0 Å². The standard InChI is InChI=1S/C14H21BrN2O2/c15-13-3-1-2-4-14(13)19-12-11-18-10-9-17-7-5-16-6-8-17/h1-4,16H,5-12H2/p+2. The highest BCUT2D eigenvalue weighted by Gasteiger charge is 2.14. The largest absolute Gasteiger partial charge is 0.490 e. The van der Waals surface area contributed by atoms with Crippen molar-refractivity contribution in [1.29, 1.82) is 0 Å². The summed E-state index contributed by atoms with van der Waals surface area (Å²) in [5.74, 6) is 0.878. The van der Waals surface area contributed by atoms with E-state index in [9.17, 15) is 0 Å². The average Bonchev–Trinajstić information content (AvgIpc) is 2.45. The van der Waals surface area contributed by atoms with Gasteiger partial charge in [0.15, 0.2) is 0 Å². The smallest absolute Gasteiger partial charge is 0.133 e. The van der Waals surface area contributed by atoms with Crippen LogP contribution in [0.5, 0.6) is 5.75 Å². The van der Waals surface area contributed by atoms with Crippen LogP contribution in [0.4, 0.5) is 0 Å². The Morgan fingerprint density at radius 2 is 1.89 bits per heavy atom. The normalized spacial score (nSPS) is 16.5. The summed E-state index contributed by atoms with van der Waals surface area (Å²) in [6, 6.07) is 7.88. The van der Waals surface area contributed by atoms with Crippen LogP contribution in [0.25, 0.3) is 0 Å². The predicted molar refractivity (Wildman–Crippen MR) is 77.7 cm³/mol. The summed E-state index contributed by atoms with van der Waals surface area (Å²) in [5.41, 5.74) is 0. The summed E-state index contributed by atoms with van der Waals surface area (Å²) in [6.07, 6.45) is 0. The third kappa shape index (κ3) is 5.48. The molecule has 0 aromatic heterocycles. The lowest BCUT2D eigenvalue weighted by Gasteiger charge is -2.21. The van der Waals surface area contributed by atoms with Crippen molar-refractivity contribution in [1.82, 2.24) is 0 Å². The lowest BCUT2D eigenvalue weighted by atomic mass is 10.3. The molecule has 1 heterocycles. The summed E-state index contributed by atoms with van der Waals surface area (Å²) in [4.78, 5) is 1.66. The van der Waals surface area contributed by atoms with E-state index in [1.165, 1.54) is 26.2 Å². The van der Waals surface area contributed by atoms with E-state index in [4.69, 9.17) is 9.47 Å². The minimum absolute atomic E-state index is 0.603. The molecule has 1 aromatic rings. The Morgan fingerprint density at radius 3 is 2.68 bits per heavy atom. The number of rotatable bonds is 7. The maximum absolute atomic E-state index is 5.65. The molecular weight excluding hydrogens is 308 g/mol. The van der Waals surface area contributed by atoms with Crippen LogP contribution < -0.4 is 15.0 Å². The Labute approximate surface area is 123 Å². The second-order valence-electron chi connectivity index (χ2n) is 4.76. The van der Waals surface area contributed by atoms with E-state index in [0.717, 1.165) is 23.4 Å². The third-order valence-electron chi connectivity index (χ3n) is 3.33. The van der Waals surface area contributed by atoms with Gasteiger partial charge in [0.1, 0.15) is 45.1 Å². The average molecular weight is 331 g/mol. The molecule has 0 bridgehead atoms. The van der Waals surface area contributed by atoms with Gasteiger partial charge in [-0.2, -0.15) is 0 Å². The molecule has 1 aliphatic heterocycles. The number of hydrogen-bond donors (Lipinski definition) is 2. The van der Waals surface area contributed by atoms with E-state index in [2.05, 4.69) is 21.2 Å². The van der Waals surface area contributed by atoms with Gasteiger partial charge in [0, 0.05) is 0 Å². The number of piperazine rings is 1. The van der Waals surface area contributed by atoms with Crippen molar-refractivity contribution in [3.8, 4) is 5.75 Å². The maximum Gasteiger partial charge on any atom is 0.133 e. The minimum Gasteiger partial charge on any atom is -0.490 e. The molecule has 5 heteroatoms. The van der Waals surface area contributed by atoms with Crippen molar-refractivity contribution in [2.75, 3.05) is 52.5 Å². The van der Waals surface area contributed by atoms with Crippen molar-refractivity contribution in [3.05, 3.63) is 28.7 Å². The first kappa shape index (κ1) is 14.8. The van der Waals surface area contributed by atoms with Gasteiger partial charge in [0.2, 0.25) is 0 Å². The summed E-state index contributed by atoms with van der Waals surface area (Å²) in [7, 11) is 0. The molecule has 1 fully saturated rings. The SMILES string of the molecule is Brc1ccccc1OCCOCC[NH+]1CC[NH2+]CC1. The number of quaternary nitrogens is 2. The van der Waals surface area contributed by atoms with E-state index >= 15 is 0 Å². The zero-order chi connectivity index (χ0) is 13.3. The highest BCUT2D eigenvalue weighted by molar-refractivity contribution is 9.10. The van der Waals surface area contributed by atoms with Crippen LogP contribution in [0.15, 0.2) is 28.7 Å². The number of para-hydroxylation sites is 1. The molecule has 19 heavy (non-hydrogen) atoms. The van der Waals surface area contributed by atoms with Crippen molar-refractivity contribution in [2.24, 2.45) is 0 Å². The van der Waals surface area contributed by atoms with Crippen LogP contribution in [0.2, 0.25) is 0 Å². The monoisotopic (exact) mass is 330 g/mol.